The lowest BCUT2D eigenvalue weighted by atomic mass is 10.3. The zero-order chi connectivity index (χ0) is 9.42. The molecule has 0 aliphatic heterocycles. The van der Waals surface area contributed by atoms with E-state index in [0.717, 1.165) is 5.52 Å². The number of rotatable bonds is 0. The maximum atomic E-state index is 11.5. The fraction of sp³-hybridized carbons (Fsp3) is 0. The van der Waals surface area contributed by atoms with Gasteiger partial charge in [0.15, 0.2) is 0 Å². The van der Waals surface area contributed by atoms with Crippen LogP contribution in [0.5, 0.6) is 5.75 Å². The molecule has 13 heavy (non-hydrogen) atoms. The van der Waals surface area contributed by atoms with Gasteiger partial charge in [-0.1, -0.05) is 0 Å². The highest BCUT2D eigenvalue weighted by molar-refractivity contribution is 9.10. The third-order valence-electron chi connectivity index (χ3n) is 1.79. The van der Waals surface area contributed by atoms with Crippen molar-refractivity contribution < 1.29 is 5.11 Å². The second kappa shape index (κ2) is 2.88. The van der Waals surface area contributed by atoms with Gasteiger partial charge in [0, 0.05) is 5.52 Å². The van der Waals surface area contributed by atoms with Crippen LogP contribution < -0.4 is 5.56 Å². The van der Waals surface area contributed by atoms with E-state index in [9.17, 15) is 9.90 Å². The highest BCUT2D eigenvalue weighted by Crippen LogP contribution is 2.11. The van der Waals surface area contributed by atoms with Crippen LogP contribution in [-0.4, -0.2) is 9.51 Å². The topological polar surface area (TPSA) is 41.7 Å². The maximum absolute atomic E-state index is 11.5. The Bertz CT molecular complexity index is 513. The van der Waals surface area contributed by atoms with Gasteiger partial charge >= 0.3 is 0 Å². The zero-order valence-corrected chi connectivity index (χ0v) is 8.15. The minimum Gasteiger partial charge on any atom is -0.506 e. The SMILES string of the molecule is O=c1c(Br)ccc2ccc(O)cn12. The van der Waals surface area contributed by atoms with E-state index in [1.54, 1.807) is 24.3 Å². The van der Waals surface area contributed by atoms with Gasteiger partial charge in [0.25, 0.3) is 5.56 Å². The van der Waals surface area contributed by atoms with Gasteiger partial charge in [-0.3, -0.25) is 9.20 Å². The molecule has 4 heteroatoms. The van der Waals surface area contributed by atoms with Gasteiger partial charge in [0.05, 0.1) is 10.7 Å². The van der Waals surface area contributed by atoms with Gasteiger partial charge in [0.2, 0.25) is 0 Å². The normalized spacial score (nSPS) is 10.5. The maximum Gasteiger partial charge on any atom is 0.269 e. The van der Waals surface area contributed by atoms with Crippen LogP contribution in [0.4, 0.5) is 0 Å². The zero-order valence-electron chi connectivity index (χ0n) is 6.57. The van der Waals surface area contributed by atoms with Crippen molar-refractivity contribution in [3.8, 4) is 5.75 Å². The second-order valence-electron chi connectivity index (χ2n) is 2.67. The van der Waals surface area contributed by atoms with Crippen LogP contribution in [0.3, 0.4) is 0 Å². The quantitative estimate of drug-likeness (QED) is 0.762. The van der Waals surface area contributed by atoms with Crippen molar-refractivity contribution in [1.82, 2.24) is 4.40 Å². The molecule has 0 atom stereocenters. The van der Waals surface area contributed by atoms with Gasteiger partial charge in [-0.05, 0) is 40.2 Å². The van der Waals surface area contributed by atoms with Gasteiger partial charge in [-0.2, -0.15) is 0 Å². The molecule has 66 valence electrons. The Hall–Kier alpha value is -1.29. The summed E-state index contributed by atoms with van der Waals surface area (Å²) in [6, 6.07) is 6.71. The summed E-state index contributed by atoms with van der Waals surface area (Å²) in [5.41, 5.74) is 0.583. The van der Waals surface area contributed by atoms with Crippen LogP contribution in [0.25, 0.3) is 5.52 Å². The number of hydrogen-bond donors (Lipinski definition) is 1. The summed E-state index contributed by atoms with van der Waals surface area (Å²) in [5, 5.41) is 9.17. The summed E-state index contributed by atoms with van der Waals surface area (Å²) in [6.07, 6.45) is 1.39. The van der Waals surface area contributed by atoms with Gasteiger partial charge in [-0.25, -0.2) is 0 Å². The Kier molecular flexibility index (Phi) is 1.84. The first-order chi connectivity index (χ1) is 6.18. The standard InChI is InChI=1S/C9H6BrNO2/c10-8-4-2-6-1-3-7(12)5-11(6)9(8)13/h1-5,12H. The van der Waals surface area contributed by atoms with Crippen LogP contribution in [0.2, 0.25) is 0 Å². The second-order valence-corrected chi connectivity index (χ2v) is 3.52. The number of aromatic nitrogens is 1. The number of pyridine rings is 2. The van der Waals surface area contributed by atoms with E-state index in [2.05, 4.69) is 15.9 Å². The highest BCUT2D eigenvalue weighted by atomic mass is 79.9. The molecule has 2 aromatic heterocycles. The Balaban J connectivity index is 2.97. The van der Waals surface area contributed by atoms with E-state index in [4.69, 9.17) is 0 Å². The Morgan fingerprint density at radius 1 is 1.23 bits per heavy atom. The first-order valence-corrected chi connectivity index (χ1v) is 4.48. The predicted molar refractivity (Wildman–Crippen MR) is 53.0 cm³/mol. The van der Waals surface area contributed by atoms with Crippen LogP contribution in [0.1, 0.15) is 0 Å². The lowest BCUT2D eigenvalue weighted by Crippen LogP contribution is -2.12. The van der Waals surface area contributed by atoms with Crippen molar-refractivity contribution in [3.63, 3.8) is 0 Å². The molecule has 0 bridgehead atoms. The largest absolute Gasteiger partial charge is 0.506 e. The van der Waals surface area contributed by atoms with Crippen molar-refractivity contribution in [2.24, 2.45) is 0 Å². The number of fused-ring (bicyclic) bond motifs is 1. The van der Waals surface area contributed by atoms with Crippen LogP contribution in [0, 0.1) is 0 Å². The molecule has 2 heterocycles. The molecule has 0 saturated carbocycles. The molecule has 2 aromatic rings. The van der Waals surface area contributed by atoms with Crippen molar-refractivity contribution in [2.45, 2.75) is 0 Å². The fourth-order valence-corrected chi connectivity index (χ4v) is 1.48. The molecule has 0 aromatic carbocycles. The van der Waals surface area contributed by atoms with E-state index >= 15 is 0 Å². The average molecular weight is 240 g/mol. The minimum absolute atomic E-state index is 0.0766. The summed E-state index contributed by atoms with van der Waals surface area (Å²) in [4.78, 5) is 11.5. The monoisotopic (exact) mass is 239 g/mol. The molecular weight excluding hydrogens is 234 g/mol. The van der Waals surface area contributed by atoms with Crippen LogP contribution in [0.15, 0.2) is 39.7 Å². The molecule has 0 radical (unpaired) electrons. The molecule has 0 aliphatic carbocycles. The first-order valence-electron chi connectivity index (χ1n) is 3.68. The van der Waals surface area contributed by atoms with E-state index in [1.165, 1.54) is 10.6 Å². The third-order valence-corrected chi connectivity index (χ3v) is 2.39. The molecule has 0 saturated heterocycles. The fourth-order valence-electron chi connectivity index (χ4n) is 1.16. The van der Waals surface area contributed by atoms with E-state index in [0.29, 0.717) is 4.47 Å². The van der Waals surface area contributed by atoms with Crippen LogP contribution >= 0.6 is 15.9 Å². The van der Waals surface area contributed by atoms with Crippen molar-refractivity contribution >= 4 is 21.4 Å². The summed E-state index contributed by atoms with van der Waals surface area (Å²) in [5.74, 6) is 0.0766. The molecule has 1 N–H and O–H groups in total. The van der Waals surface area contributed by atoms with E-state index in [1.807, 2.05) is 0 Å². The third kappa shape index (κ3) is 1.33. The highest BCUT2D eigenvalue weighted by Gasteiger charge is 2.00. The summed E-state index contributed by atoms with van der Waals surface area (Å²) in [6.45, 7) is 0. The number of aromatic hydroxyl groups is 1. The Labute approximate surface area is 82.4 Å². The van der Waals surface area contributed by atoms with E-state index in [-0.39, 0.29) is 11.3 Å². The molecule has 0 amide bonds. The number of nitrogens with zero attached hydrogens (tertiary/aromatic N) is 1. The molecule has 0 aliphatic rings. The molecule has 3 nitrogen and oxygen atoms in total. The van der Waals surface area contributed by atoms with E-state index < -0.39 is 0 Å². The molecule has 0 spiro atoms. The first kappa shape index (κ1) is 8.31. The molecular formula is C9H6BrNO2. The van der Waals surface area contributed by atoms with Crippen LogP contribution in [-0.2, 0) is 0 Å². The van der Waals surface area contributed by atoms with Crippen molar-refractivity contribution in [2.75, 3.05) is 0 Å². The van der Waals surface area contributed by atoms with Gasteiger partial charge in [0.1, 0.15) is 5.75 Å². The number of halogens is 1. The van der Waals surface area contributed by atoms with Gasteiger partial charge in [-0.15, -0.1) is 0 Å². The summed E-state index contributed by atoms with van der Waals surface area (Å²) in [7, 11) is 0. The average Bonchev–Trinajstić information content (AvgIpc) is 2.12. The Morgan fingerprint density at radius 3 is 2.69 bits per heavy atom. The molecule has 0 fully saturated rings. The summed E-state index contributed by atoms with van der Waals surface area (Å²) < 4.78 is 1.87. The predicted octanol–water partition coefficient (Wildman–Crippen LogP) is 1.77. The molecule has 0 unspecified atom stereocenters. The smallest absolute Gasteiger partial charge is 0.269 e. The summed E-state index contributed by atoms with van der Waals surface area (Å²) >= 11 is 3.13. The number of hydrogen-bond acceptors (Lipinski definition) is 2. The van der Waals surface area contributed by atoms with Gasteiger partial charge < -0.3 is 5.11 Å². The lowest BCUT2D eigenvalue weighted by Gasteiger charge is -2.00. The molecule has 2 rings (SSSR count). The lowest BCUT2D eigenvalue weighted by molar-refractivity contribution is 0.471. The minimum atomic E-state index is -0.173. The van der Waals surface area contributed by atoms with Crippen molar-refractivity contribution in [1.29, 1.82) is 0 Å². The Morgan fingerprint density at radius 2 is 1.92 bits per heavy atom. The van der Waals surface area contributed by atoms with Crippen molar-refractivity contribution in [3.05, 3.63) is 45.3 Å².